The summed E-state index contributed by atoms with van der Waals surface area (Å²) in [6.07, 6.45) is 3.91. The van der Waals surface area contributed by atoms with Crippen molar-refractivity contribution < 1.29 is 13.2 Å². The molecule has 0 aromatic carbocycles. The van der Waals surface area contributed by atoms with Crippen molar-refractivity contribution in [2.45, 2.75) is 19.4 Å². The highest BCUT2D eigenvalue weighted by molar-refractivity contribution is 5.03. The van der Waals surface area contributed by atoms with Gasteiger partial charge in [0.2, 0.25) is 5.89 Å². The van der Waals surface area contributed by atoms with Gasteiger partial charge >= 0.3 is 0 Å². The molecule has 0 aliphatic carbocycles. The van der Waals surface area contributed by atoms with Crippen LogP contribution in [0.5, 0.6) is 0 Å². The fourth-order valence-corrected chi connectivity index (χ4v) is 1.03. The third kappa shape index (κ3) is 2.17. The number of hydrogen-bond acceptors (Lipinski definition) is 4. The van der Waals surface area contributed by atoms with Crippen LogP contribution < -0.4 is 0 Å². The summed E-state index contributed by atoms with van der Waals surface area (Å²) >= 11 is 0. The van der Waals surface area contributed by atoms with E-state index >= 15 is 0 Å². The molecule has 5 nitrogen and oxygen atoms in total. The van der Waals surface area contributed by atoms with Crippen LogP contribution in [0.1, 0.15) is 18.5 Å². The lowest BCUT2D eigenvalue weighted by atomic mass is 10.3. The zero-order chi connectivity index (χ0) is 10.9. The Bertz CT molecular complexity index is 432. The fourth-order valence-electron chi connectivity index (χ4n) is 1.03. The molecule has 0 N–H and O–H groups in total. The second kappa shape index (κ2) is 3.41. The summed E-state index contributed by atoms with van der Waals surface area (Å²) in [5.74, 6) is -2.83. The summed E-state index contributed by atoms with van der Waals surface area (Å²) < 4.78 is 30.4. The molecule has 0 saturated carbocycles. The van der Waals surface area contributed by atoms with Crippen molar-refractivity contribution in [2.24, 2.45) is 0 Å². The number of rotatable bonds is 3. The number of hydrogen-bond donors (Lipinski definition) is 0. The van der Waals surface area contributed by atoms with E-state index in [0.717, 1.165) is 13.2 Å². The molecule has 0 saturated heterocycles. The van der Waals surface area contributed by atoms with Gasteiger partial charge in [0.15, 0.2) is 0 Å². The van der Waals surface area contributed by atoms with Crippen molar-refractivity contribution in [3.05, 3.63) is 30.2 Å². The Morgan fingerprint density at radius 2 is 2.07 bits per heavy atom. The molecule has 2 aromatic heterocycles. The van der Waals surface area contributed by atoms with Crippen LogP contribution in [0.3, 0.4) is 0 Å². The van der Waals surface area contributed by atoms with Crippen LogP contribution in [-0.2, 0) is 12.5 Å². The molecule has 80 valence electrons. The summed E-state index contributed by atoms with van der Waals surface area (Å²) in [6, 6.07) is 0. The van der Waals surface area contributed by atoms with E-state index in [1.807, 2.05) is 0 Å². The summed E-state index contributed by atoms with van der Waals surface area (Å²) in [5, 5.41) is 7.60. The summed E-state index contributed by atoms with van der Waals surface area (Å²) in [5.41, 5.74) is -0.385. The number of nitrogens with zero attached hydrogens (tertiary/aromatic N) is 4. The van der Waals surface area contributed by atoms with Crippen molar-refractivity contribution >= 4 is 0 Å². The zero-order valence-electron chi connectivity index (χ0n) is 7.89. The molecule has 15 heavy (non-hydrogen) atoms. The van der Waals surface area contributed by atoms with Crippen molar-refractivity contribution in [1.29, 1.82) is 0 Å². The van der Waals surface area contributed by atoms with E-state index in [0.29, 0.717) is 0 Å². The van der Waals surface area contributed by atoms with Gasteiger partial charge in [0.1, 0.15) is 18.5 Å². The van der Waals surface area contributed by atoms with E-state index in [2.05, 4.69) is 15.2 Å². The monoisotopic (exact) mass is 214 g/mol. The topological polar surface area (TPSA) is 56.7 Å². The van der Waals surface area contributed by atoms with Crippen molar-refractivity contribution in [3.8, 4) is 0 Å². The second-order valence-corrected chi connectivity index (χ2v) is 3.07. The predicted octanol–water partition coefficient (Wildman–Crippen LogP) is 1.43. The molecular weight excluding hydrogens is 206 g/mol. The van der Waals surface area contributed by atoms with Crippen LogP contribution >= 0.6 is 0 Å². The Balaban J connectivity index is 2.15. The van der Waals surface area contributed by atoms with Crippen LogP contribution in [0.15, 0.2) is 23.1 Å². The number of oxazole rings is 1. The average Bonchev–Trinajstić information content (AvgIpc) is 2.73. The van der Waals surface area contributed by atoms with Crippen LogP contribution in [0, 0.1) is 0 Å². The van der Waals surface area contributed by atoms with Gasteiger partial charge in [-0.05, 0) is 0 Å². The van der Waals surface area contributed by atoms with E-state index in [9.17, 15) is 8.78 Å². The third-order valence-corrected chi connectivity index (χ3v) is 1.74. The Morgan fingerprint density at radius 1 is 1.40 bits per heavy atom. The van der Waals surface area contributed by atoms with Crippen LogP contribution in [0.2, 0.25) is 0 Å². The van der Waals surface area contributed by atoms with E-state index in [1.165, 1.54) is 17.2 Å². The quantitative estimate of drug-likeness (QED) is 0.775. The zero-order valence-corrected chi connectivity index (χ0v) is 7.89. The van der Waals surface area contributed by atoms with Crippen molar-refractivity contribution in [1.82, 2.24) is 20.0 Å². The van der Waals surface area contributed by atoms with E-state index in [4.69, 9.17) is 4.42 Å². The maximum absolute atomic E-state index is 12.8. The normalized spacial score (nSPS) is 11.9. The lowest BCUT2D eigenvalue weighted by Crippen LogP contribution is -2.08. The lowest BCUT2D eigenvalue weighted by molar-refractivity contribution is 0.0126. The first-order valence-electron chi connectivity index (χ1n) is 4.22. The van der Waals surface area contributed by atoms with Gasteiger partial charge in [-0.15, -0.1) is 0 Å². The first-order chi connectivity index (χ1) is 7.05. The SMILES string of the molecule is CC(F)(F)c1coc(Cn2nccn2)n1. The fraction of sp³-hybridized carbons (Fsp3) is 0.375. The molecule has 2 aromatic rings. The molecule has 0 aliphatic heterocycles. The molecule has 7 heteroatoms. The number of halogens is 2. The maximum atomic E-state index is 12.8. The van der Waals surface area contributed by atoms with Gasteiger partial charge < -0.3 is 4.42 Å². The van der Waals surface area contributed by atoms with Crippen LogP contribution in [-0.4, -0.2) is 20.0 Å². The molecule has 2 heterocycles. The lowest BCUT2D eigenvalue weighted by Gasteiger charge is -2.03. The molecule has 0 aliphatic rings. The van der Waals surface area contributed by atoms with Gasteiger partial charge in [0, 0.05) is 6.92 Å². The smallest absolute Gasteiger partial charge is 0.290 e. The predicted molar refractivity (Wildman–Crippen MR) is 45.2 cm³/mol. The molecule has 0 atom stereocenters. The van der Waals surface area contributed by atoms with Crippen LogP contribution in [0.4, 0.5) is 8.78 Å². The molecule has 0 spiro atoms. The molecule has 0 unspecified atom stereocenters. The minimum atomic E-state index is -2.99. The highest BCUT2D eigenvalue weighted by atomic mass is 19.3. The Kier molecular flexibility index (Phi) is 2.22. The molecule has 0 fully saturated rings. The van der Waals surface area contributed by atoms with Gasteiger partial charge in [0.25, 0.3) is 5.92 Å². The Hall–Kier alpha value is -1.79. The number of alkyl halides is 2. The third-order valence-electron chi connectivity index (χ3n) is 1.74. The van der Waals surface area contributed by atoms with E-state index < -0.39 is 5.92 Å². The molecular formula is C8H8F2N4O. The van der Waals surface area contributed by atoms with Crippen molar-refractivity contribution in [3.63, 3.8) is 0 Å². The highest BCUT2D eigenvalue weighted by Crippen LogP contribution is 2.25. The first-order valence-corrected chi connectivity index (χ1v) is 4.22. The van der Waals surface area contributed by atoms with Gasteiger partial charge in [-0.25, -0.2) is 4.98 Å². The maximum Gasteiger partial charge on any atom is 0.290 e. The average molecular weight is 214 g/mol. The highest BCUT2D eigenvalue weighted by Gasteiger charge is 2.28. The largest absolute Gasteiger partial charge is 0.446 e. The summed E-state index contributed by atoms with van der Waals surface area (Å²) in [6.45, 7) is 0.907. The molecule has 0 amide bonds. The van der Waals surface area contributed by atoms with Gasteiger partial charge in [-0.3, -0.25) is 0 Å². The van der Waals surface area contributed by atoms with Gasteiger partial charge in [-0.2, -0.15) is 23.8 Å². The van der Waals surface area contributed by atoms with Gasteiger partial charge in [-0.1, -0.05) is 0 Å². The summed E-state index contributed by atoms with van der Waals surface area (Å²) in [7, 11) is 0. The van der Waals surface area contributed by atoms with Crippen molar-refractivity contribution in [2.75, 3.05) is 0 Å². The minimum Gasteiger partial charge on any atom is -0.446 e. The summed E-state index contributed by atoms with van der Waals surface area (Å²) in [4.78, 5) is 4.93. The second-order valence-electron chi connectivity index (χ2n) is 3.07. The first kappa shape index (κ1) is 9.75. The standard InChI is InChI=1S/C8H8F2N4O/c1-8(9,10)6-5-15-7(13-6)4-14-11-2-3-12-14/h2-3,5H,4H2,1H3. The molecule has 0 radical (unpaired) electrons. The number of aromatic nitrogens is 4. The Labute approximate surface area is 83.7 Å². The Morgan fingerprint density at radius 3 is 2.60 bits per heavy atom. The van der Waals surface area contributed by atoms with E-state index in [-0.39, 0.29) is 18.1 Å². The van der Waals surface area contributed by atoms with Gasteiger partial charge in [0.05, 0.1) is 12.4 Å². The van der Waals surface area contributed by atoms with Crippen LogP contribution in [0.25, 0.3) is 0 Å². The van der Waals surface area contributed by atoms with E-state index in [1.54, 1.807) is 0 Å². The molecule has 2 rings (SSSR count). The minimum absolute atomic E-state index is 0.142. The molecule has 0 bridgehead atoms.